The van der Waals surface area contributed by atoms with Gasteiger partial charge in [0.25, 0.3) is 5.91 Å². The van der Waals surface area contributed by atoms with E-state index in [9.17, 15) is 14.0 Å². The van der Waals surface area contributed by atoms with Gasteiger partial charge in [-0.2, -0.15) is 0 Å². The predicted octanol–water partition coefficient (Wildman–Crippen LogP) is 3.74. The largest absolute Gasteiger partial charge is 0.455 e. The molecule has 5 heteroatoms. The van der Waals surface area contributed by atoms with Gasteiger partial charge in [0, 0.05) is 18.4 Å². The van der Waals surface area contributed by atoms with Gasteiger partial charge in [-0.15, -0.1) is 0 Å². The van der Waals surface area contributed by atoms with Crippen LogP contribution in [0.3, 0.4) is 0 Å². The smallest absolute Gasteiger partial charge is 0.287 e. The van der Waals surface area contributed by atoms with Crippen molar-refractivity contribution in [1.82, 2.24) is 5.32 Å². The molecule has 120 valence electrons. The van der Waals surface area contributed by atoms with Crippen molar-refractivity contribution in [3.63, 3.8) is 0 Å². The number of fused-ring (bicyclic) bond motifs is 1. The average Bonchev–Trinajstić information content (AvgIpc) is 2.85. The third kappa shape index (κ3) is 2.91. The van der Waals surface area contributed by atoms with Gasteiger partial charge in [0.15, 0.2) is 11.5 Å². The Morgan fingerprint density at radius 2 is 2.13 bits per heavy atom. The quantitative estimate of drug-likeness (QED) is 0.938. The number of hydrogen-bond donors (Lipinski definition) is 1. The van der Waals surface area contributed by atoms with Crippen LogP contribution >= 0.6 is 0 Å². The summed E-state index contributed by atoms with van der Waals surface area (Å²) in [5.74, 6) is 0.0702. The number of benzene rings is 1. The Hall–Kier alpha value is -2.43. The van der Waals surface area contributed by atoms with Crippen molar-refractivity contribution in [3.8, 4) is 0 Å². The van der Waals surface area contributed by atoms with E-state index in [4.69, 9.17) is 4.42 Å². The van der Waals surface area contributed by atoms with E-state index in [0.717, 1.165) is 6.42 Å². The minimum Gasteiger partial charge on any atom is -0.455 e. The molecule has 2 aromatic rings. The molecule has 4 nitrogen and oxygen atoms in total. The van der Waals surface area contributed by atoms with Crippen LogP contribution in [0.2, 0.25) is 0 Å². The summed E-state index contributed by atoms with van der Waals surface area (Å²) >= 11 is 0. The summed E-state index contributed by atoms with van der Waals surface area (Å²) in [4.78, 5) is 24.4. The summed E-state index contributed by atoms with van der Waals surface area (Å²) in [5.41, 5.74) is 1.82. The van der Waals surface area contributed by atoms with Crippen LogP contribution in [0.25, 0.3) is 0 Å². The normalized spacial score (nSPS) is 15.2. The maximum Gasteiger partial charge on any atom is 0.287 e. The Balaban J connectivity index is 1.83. The first kappa shape index (κ1) is 15.5. The number of carbonyl (C=O) groups excluding carboxylic acids is 2. The number of hydrogen-bond acceptors (Lipinski definition) is 3. The average molecular weight is 315 g/mol. The fraction of sp³-hybridized carbons (Fsp3) is 0.333. The fourth-order valence-electron chi connectivity index (χ4n) is 2.99. The molecule has 0 aliphatic heterocycles. The second kappa shape index (κ2) is 5.99. The fourth-order valence-corrected chi connectivity index (χ4v) is 2.99. The molecule has 0 unspecified atom stereocenters. The lowest BCUT2D eigenvalue weighted by Crippen LogP contribution is -2.27. The zero-order chi connectivity index (χ0) is 16.6. The molecule has 1 aromatic carbocycles. The first-order valence-corrected chi connectivity index (χ1v) is 7.69. The second-order valence-corrected chi connectivity index (χ2v) is 5.88. The minimum atomic E-state index is -0.388. The zero-order valence-corrected chi connectivity index (χ0v) is 13.1. The van der Waals surface area contributed by atoms with Crippen LogP contribution in [0.5, 0.6) is 0 Å². The lowest BCUT2D eigenvalue weighted by atomic mass is 9.94. The molecule has 1 heterocycles. The van der Waals surface area contributed by atoms with E-state index in [0.29, 0.717) is 35.3 Å². The van der Waals surface area contributed by atoms with E-state index < -0.39 is 0 Å². The van der Waals surface area contributed by atoms with Crippen LogP contribution in [0, 0.1) is 12.7 Å². The Labute approximate surface area is 133 Å². The third-order valence-electron chi connectivity index (χ3n) is 4.21. The molecule has 1 aliphatic carbocycles. The standard InChI is InChI=1S/C18H18FNO3/c1-10-16-14(21)7-4-8-15(16)23-17(10)18(22)20-11(2)12-5-3-6-13(19)9-12/h3,5-6,9,11H,4,7-8H2,1-2H3,(H,20,22)/t11-/m0/s1. The molecular weight excluding hydrogens is 297 g/mol. The van der Waals surface area contributed by atoms with Gasteiger partial charge in [-0.25, -0.2) is 4.39 Å². The zero-order valence-electron chi connectivity index (χ0n) is 13.1. The molecule has 0 fully saturated rings. The van der Waals surface area contributed by atoms with Crippen molar-refractivity contribution >= 4 is 11.7 Å². The number of ketones is 1. The van der Waals surface area contributed by atoms with Crippen LogP contribution in [-0.2, 0) is 6.42 Å². The predicted molar refractivity (Wildman–Crippen MR) is 83.0 cm³/mol. The number of halogens is 1. The second-order valence-electron chi connectivity index (χ2n) is 5.88. The molecule has 0 spiro atoms. The number of furan rings is 1. The highest BCUT2D eigenvalue weighted by Gasteiger charge is 2.29. The van der Waals surface area contributed by atoms with E-state index >= 15 is 0 Å². The Morgan fingerprint density at radius 3 is 2.83 bits per heavy atom. The summed E-state index contributed by atoms with van der Waals surface area (Å²) in [7, 11) is 0. The molecule has 0 saturated heterocycles. The minimum absolute atomic E-state index is 0.0322. The summed E-state index contributed by atoms with van der Waals surface area (Å²) in [6.45, 7) is 3.50. The van der Waals surface area contributed by atoms with Gasteiger partial charge in [0.2, 0.25) is 0 Å². The third-order valence-corrected chi connectivity index (χ3v) is 4.21. The summed E-state index contributed by atoms with van der Waals surface area (Å²) < 4.78 is 18.9. The van der Waals surface area contributed by atoms with Crippen molar-refractivity contribution in [3.05, 3.63) is 58.3 Å². The maximum atomic E-state index is 13.3. The van der Waals surface area contributed by atoms with Crippen LogP contribution in [0.4, 0.5) is 4.39 Å². The van der Waals surface area contributed by atoms with Crippen LogP contribution < -0.4 is 5.32 Å². The highest BCUT2D eigenvalue weighted by Crippen LogP contribution is 2.29. The van der Waals surface area contributed by atoms with Crippen LogP contribution in [-0.4, -0.2) is 11.7 Å². The number of Topliss-reactive ketones (excluding diaryl/α,β-unsaturated/α-hetero) is 1. The molecule has 1 amide bonds. The summed E-state index contributed by atoms with van der Waals surface area (Å²) in [5, 5.41) is 2.79. The molecule has 0 saturated carbocycles. The van der Waals surface area contributed by atoms with Gasteiger partial charge < -0.3 is 9.73 Å². The maximum absolute atomic E-state index is 13.3. The first-order chi connectivity index (χ1) is 11.0. The molecule has 0 radical (unpaired) electrons. The van der Waals surface area contributed by atoms with Gasteiger partial charge in [0.1, 0.15) is 11.6 Å². The molecule has 1 aromatic heterocycles. The number of amides is 1. The van der Waals surface area contributed by atoms with E-state index in [1.807, 2.05) is 0 Å². The monoisotopic (exact) mass is 315 g/mol. The number of nitrogens with one attached hydrogen (secondary N) is 1. The first-order valence-electron chi connectivity index (χ1n) is 7.69. The lowest BCUT2D eigenvalue weighted by Gasteiger charge is -2.13. The Kier molecular flexibility index (Phi) is 4.03. The van der Waals surface area contributed by atoms with E-state index in [-0.39, 0.29) is 29.3 Å². The lowest BCUT2D eigenvalue weighted by molar-refractivity contribution is 0.0906. The van der Waals surface area contributed by atoms with Gasteiger partial charge >= 0.3 is 0 Å². The van der Waals surface area contributed by atoms with Crippen LogP contribution in [0.1, 0.15) is 63.6 Å². The number of rotatable bonds is 3. The van der Waals surface area contributed by atoms with E-state index in [2.05, 4.69) is 5.32 Å². The number of aryl methyl sites for hydroxylation is 1. The Morgan fingerprint density at radius 1 is 1.35 bits per heavy atom. The molecule has 3 rings (SSSR count). The van der Waals surface area contributed by atoms with Crippen molar-refractivity contribution in [2.45, 2.75) is 39.2 Å². The van der Waals surface area contributed by atoms with Crippen molar-refractivity contribution in [2.24, 2.45) is 0 Å². The number of carbonyl (C=O) groups is 2. The SMILES string of the molecule is Cc1c(C(=O)N[C@@H](C)c2cccc(F)c2)oc2c1C(=O)CCC2. The Bertz CT molecular complexity index is 779. The molecule has 1 aliphatic rings. The molecule has 1 atom stereocenters. The molecule has 0 bridgehead atoms. The van der Waals surface area contributed by atoms with Crippen molar-refractivity contribution in [2.75, 3.05) is 0 Å². The van der Waals surface area contributed by atoms with Gasteiger partial charge in [-0.3, -0.25) is 9.59 Å². The van der Waals surface area contributed by atoms with Gasteiger partial charge in [-0.05, 0) is 38.0 Å². The highest BCUT2D eigenvalue weighted by atomic mass is 19.1. The summed E-state index contributed by atoms with van der Waals surface area (Å²) in [6.07, 6.45) is 1.92. The molecular formula is C18H18FNO3. The molecule has 1 N–H and O–H groups in total. The van der Waals surface area contributed by atoms with E-state index in [1.54, 1.807) is 26.0 Å². The summed E-state index contributed by atoms with van der Waals surface area (Å²) in [6, 6.07) is 5.72. The van der Waals surface area contributed by atoms with Crippen molar-refractivity contribution < 1.29 is 18.4 Å². The van der Waals surface area contributed by atoms with Crippen LogP contribution in [0.15, 0.2) is 28.7 Å². The highest BCUT2D eigenvalue weighted by molar-refractivity contribution is 6.03. The topological polar surface area (TPSA) is 59.3 Å². The van der Waals surface area contributed by atoms with E-state index in [1.165, 1.54) is 12.1 Å². The van der Waals surface area contributed by atoms with Gasteiger partial charge in [0.05, 0.1) is 11.6 Å². The van der Waals surface area contributed by atoms with Gasteiger partial charge in [-0.1, -0.05) is 12.1 Å². The van der Waals surface area contributed by atoms with Crippen molar-refractivity contribution in [1.29, 1.82) is 0 Å². The molecule has 23 heavy (non-hydrogen) atoms.